The Balaban J connectivity index is 0.000000143. The topological polar surface area (TPSA) is 119 Å². The molecular formula is C63H61Br2F6N7O3. The van der Waals surface area contributed by atoms with Crippen molar-refractivity contribution in [2.45, 2.75) is 75.3 Å². The van der Waals surface area contributed by atoms with Crippen LogP contribution in [-0.2, 0) is 31.6 Å². The zero-order valence-corrected chi connectivity index (χ0v) is 47.8. The first-order chi connectivity index (χ1) is 38.8. The van der Waals surface area contributed by atoms with Crippen molar-refractivity contribution in [3.8, 4) is 22.3 Å². The molecule has 81 heavy (non-hydrogen) atoms. The van der Waals surface area contributed by atoms with Crippen LogP contribution in [0.4, 0.5) is 37.8 Å². The summed E-state index contributed by atoms with van der Waals surface area (Å²) >= 11 is 6.76. The van der Waals surface area contributed by atoms with Crippen molar-refractivity contribution in [1.29, 1.82) is 0 Å². The van der Waals surface area contributed by atoms with Gasteiger partial charge in [-0.2, -0.15) is 26.3 Å². The van der Waals surface area contributed by atoms with E-state index in [-0.39, 0.29) is 17.7 Å². The average Bonchev–Trinajstić information content (AvgIpc) is 4.18. The maximum atomic E-state index is 13.2. The fraction of sp³-hybridized carbons (Fsp3) is 0.302. The molecule has 1 unspecified atom stereocenters. The molecule has 10 nitrogen and oxygen atoms in total. The van der Waals surface area contributed by atoms with Gasteiger partial charge < -0.3 is 31.1 Å². The third-order valence-electron chi connectivity index (χ3n) is 15.4. The molecule has 7 aromatic rings. The van der Waals surface area contributed by atoms with Crippen LogP contribution in [0.1, 0.15) is 96.1 Å². The van der Waals surface area contributed by atoms with Gasteiger partial charge in [0.2, 0.25) is 0 Å². The monoisotopic (exact) mass is 1240 g/mol. The molecule has 6 aromatic carbocycles. The largest absolute Gasteiger partial charge is 0.416 e. The zero-order chi connectivity index (χ0) is 57.4. The highest BCUT2D eigenvalue weighted by molar-refractivity contribution is 9.10. The summed E-state index contributed by atoms with van der Waals surface area (Å²) in [4.78, 5) is 44.7. The Kier molecular flexibility index (Phi) is 18.8. The first-order valence-corrected chi connectivity index (χ1v) is 28.5. The minimum absolute atomic E-state index is 0.0379. The number of hydrogen-bond acceptors (Lipinski definition) is 7. The van der Waals surface area contributed by atoms with Gasteiger partial charge in [0.1, 0.15) is 5.82 Å². The predicted octanol–water partition coefficient (Wildman–Crippen LogP) is 13.5. The molecule has 5 aliphatic rings. The van der Waals surface area contributed by atoms with E-state index in [4.69, 9.17) is 0 Å². The molecule has 4 aliphatic heterocycles. The highest BCUT2D eigenvalue weighted by Gasteiger charge is 2.32. The summed E-state index contributed by atoms with van der Waals surface area (Å²) in [5.41, 5.74) is 9.02. The number of amides is 3. The Hall–Kier alpha value is -6.86. The van der Waals surface area contributed by atoms with E-state index >= 15 is 0 Å². The summed E-state index contributed by atoms with van der Waals surface area (Å²) in [6.45, 7) is 4.07. The number of carbonyl (C=O) groups is 3. The van der Waals surface area contributed by atoms with Crippen LogP contribution in [0.25, 0.3) is 22.3 Å². The molecular weight excluding hydrogens is 1180 g/mol. The van der Waals surface area contributed by atoms with Crippen molar-refractivity contribution < 1.29 is 40.7 Å². The third kappa shape index (κ3) is 14.6. The van der Waals surface area contributed by atoms with E-state index in [0.717, 1.165) is 117 Å². The molecule has 1 aliphatic carbocycles. The van der Waals surface area contributed by atoms with Gasteiger partial charge in [-0.15, -0.1) is 0 Å². The number of carbonyl (C=O) groups excluding carboxylic acids is 3. The van der Waals surface area contributed by atoms with Crippen LogP contribution >= 0.6 is 31.9 Å². The lowest BCUT2D eigenvalue weighted by Gasteiger charge is -2.29. The van der Waals surface area contributed by atoms with Crippen molar-refractivity contribution in [2.24, 2.45) is 0 Å². The molecule has 0 bridgehead atoms. The maximum absolute atomic E-state index is 13.2. The quantitative estimate of drug-likeness (QED) is 0.117. The van der Waals surface area contributed by atoms with E-state index in [0.29, 0.717) is 59.8 Å². The number of nitrogens with one attached hydrogen (secondary N) is 4. The normalized spacial score (nSPS) is 18.3. The third-order valence-corrected chi connectivity index (χ3v) is 16.4. The lowest BCUT2D eigenvalue weighted by atomic mass is 9.93. The molecule has 1 aromatic heterocycles. The first-order valence-electron chi connectivity index (χ1n) is 26.9. The van der Waals surface area contributed by atoms with Crippen LogP contribution in [0.3, 0.4) is 0 Å². The molecule has 0 radical (unpaired) electrons. The van der Waals surface area contributed by atoms with Gasteiger partial charge in [0.05, 0.1) is 11.1 Å². The molecule has 12 rings (SSSR count). The Bertz CT molecular complexity index is 3340. The number of aromatic nitrogens is 1. The molecule has 5 heterocycles. The van der Waals surface area contributed by atoms with Crippen molar-refractivity contribution in [1.82, 2.24) is 26.3 Å². The molecule has 2 fully saturated rings. The van der Waals surface area contributed by atoms with Gasteiger partial charge in [0.25, 0.3) is 17.7 Å². The standard InChI is InChI=1S/C28H27F3N2O.C16H12F3NO.C10H14BrN3.C9H8BrNO/c1-32-24-10-4-21(17-24)19-5-11-25(12-6-19)33-15-14-22-16-20(7-13-26(22)27(33)34)18-2-8-23(9-3-18)28(29,30)31;17-16(18,19)13-4-1-10(2-5-13)11-3-6-14-12(9-11)7-8-20-15(14)21;1-12-9-4-5-14(7-9)10-3-2-8(11)6-13-10;10-7-1-2-8-6(5-7)3-4-11-9(8)12/h2-3,5-9,11-13,16,21,24,32H,4,10,14-15,17H2,1H3;1-6,9H,7-8H2,(H,20,21);2-3,6,9,12H,4-5,7H2,1H3;1-2,5H,3-4H2,(H,11,12)/t21?,24-;;9-;/m1.1./s1. The SMILES string of the molecule is CN[C@@H]1CCC(c2ccc(N3CCc4cc(-c5ccc(C(F)(F)F)cc5)ccc4C3=O)cc2)C1.CN[C@@H]1CCN(c2ccc(Br)cn2)C1.O=C1NCCc2cc(-c3ccc(C(F)(F)F)cc3)ccc21.O=C1NCCc2cc(Br)ccc21. The van der Waals surface area contributed by atoms with Crippen molar-refractivity contribution >= 4 is 61.1 Å². The second-order valence-corrected chi connectivity index (χ2v) is 22.4. The van der Waals surface area contributed by atoms with Gasteiger partial charge in [0, 0.05) is 82.3 Å². The number of rotatable bonds is 7. The van der Waals surface area contributed by atoms with Crippen LogP contribution in [-0.4, -0.2) is 81.6 Å². The average molecular weight is 1240 g/mol. The summed E-state index contributed by atoms with van der Waals surface area (Å²) in [5, 5.41) is 12.2. The Morgan fingerprint density at radius 1 is 0.543 bits per heavy atom. The van der Waals surface area contributed by atoms with Crippen LogP contribution in [0.15, 0.2) is 155 Å². The van der Waals surface area contributed by atoms with Gasteiger partial charge in [-0.25, -0.2) is 4.98 Å². The summed E-state index contributed by atoms with van der Waals surface area (Å²) in [7, 11) is 4.03. The second-order valence-electron chi connectivity index (χ2n) is 20.6. The Labute approximate surface area is 484 Å². The smallest absolute Gasteiger partial charge is 0.355 e. The Morgan fingerprint density at radius 3 is 1.58 bits per heavy atom. The maximum Gasteiger partial charge on any atom is 0.416 e. The predicted molar refractivity (Wildman–Crippen MR) is 313 cm³/mol. The lowest BCUT2D eigenvalue weighted by Crippen LogP contribution is -2.37. The highest BCUT2D eigenvalue weighted by atomic mass is 79.9. The number of pyridine rings is 1. The van der Waals surface area contributed by atoms with Gasteiger partial charge in [-0.05, 0) is 204 Å². The van der Waals surface area contributed by atoms with Crippen LogP contribution in [0.2, 0.25) is 0 Å². The fourth-order valence-corrected chi connectivity index (χ4v) is 11.5. The molecule has 4 N–H and O–H groups in total. The van der Waals surface area contributed by atoms with Crippen LogP contribution in [0, 0.1) is 0 Å². The van der Waals surface area contributed by atoms with Gasteiger partial charge >= 0.3 is 12.4 Å². The molecule has 3 atom stereocenters. The first kappa shape index (κ1) is 58.8. The number of benzene rings is 6. The van der Waals surface area contributed by atoms with Crippen molar-refractivity contribution in [2.75, 3.05) is 56.6 Å². The molecule has 1 saturated carbocycles. The number of nitrogens with zero attached hydrogens (tertiary/aromatic N) is 3. The van der Waals surface area contributed by atoms with Crippen LogP contribution < -0.4 is 31.1 Å². The molecule has 3 amide bonds. The van der Waals surface area contributed by atoms with Gasteiger partial charge in [-0.1, -0.05) is 76.6 Å². The van der Waals surface area contributed by atoms with E-state index in [1.54, 1.807) is 18.2 Å². The lowest BCUT2D eigenvalue weighted by molar-refractivity contribution is -0.138. The summed E-state index contributed by atoms with van der Waals surface area (Å²) < 4.78 is 78.3. The van der Waals surface area contributed by atoms with E-state index in [9.17, 15) is 40.7 Å². The molecule has 0 spiro atoms. The van der Waals surface area contributed by atoms with E-state index in [1.807, 2.05) is 79.8 Å². The van der Waals surface area contributed by atoms with Crippen molar-refractivity contribution in [3.63, 3.8) is 0 Å². The molecule has 18 heteroatoms. The van der Waals surface area contributed by atoms with Crippen molar-refractivity contribution in [3.05, 3.63) is 205 Å². The zero-order valence-electron chi connectivity index (χ0n) is 44.7. The minimum Gasteiger partial charge on any atom is -0.355 e. The number of anilines is 2. The van der Waals surface area contributed by atoms with Gasteiger partial charge in [-0.3, -0.25) is 14.4 Å². The van der Waals surface area contributed by atoms with Gasteiger partial charge in [0.15, 0.2) is 0 Å². The number of fused-ring (bicyclic) bond motifs is 3. The fourth-order valence-electron chi connectivity index (χ4n) is 10.9. The Morgan fingerprint density at radius 2 is 1.06 bits per heavy atom. The second kappa shape index (κ2) is 25.9. The summed E-state index contributed by atoms with van der Waals surface area (Å²) in [6, 6.07) is 40.5. The number of likely N-dealkylation sites (N-methyl/N-ethyl adjacent to an activating group) is 1. The van der Waals surface area contributed by atoms with E-state index in [1.165, 1.54) is 49.1 Å². The van der Waals surface area contributed by atoms with E-state index in [2.05, 4.69) is 81.2 Å². The number of hydrogen-bond donors (Lipinski definition) is 4. The van der Waals surface area contributed by atoms with E-state index < -0.39 is 23.5 Å². The number of halogens is 8. The summed E-state index contributed by atoms with van der Waals surface area (Å²) in [6.07, 6.45) is 0.255. The number of alkyl halides is 6. The summed E-state index contributed by atoms with van der Waals surface area (Å²) in [5.74, 6) is 1.54. The van der Waals surface area contributed by atoms with Crippen LogP contribution in [0.5, 0.6) is 0 Å². The highest BCUT2D eigenvalue weighted by Crippen LogP contribution is 2.37. The minimum atomic E-state index is -4.35. The molecule has 1 saturated heterocycles. The molecule has 422 valence electrons.